The van der Waals surface area contributed by atoms with Crippen molar-refractivity contribution in [3.63, 3.8) is 0 Å². The third kappa shape index (κ3) is 4.52. The number of aromatic nitrogens is 2. The molecule has 2 heterocycles. The molecule has 8 rings (SSSR count). The van der Waals surface area contributed by atoms with Crippen molar-refractivity contribution in [1.82, 2.24) is 9.61 Å². The first-order valence-corrected chi connectivity index (χ1v) is 14.9. The molecular weight excluding hydrogens is 534 g/mol. The molecule has 0 saturated heterocycles. The Hall–Kier alpha value is -5.93. The van der Waals surface area contributed by atoms with Gasteiger partial charge in [-0.3, -0.25) is 0 Å². The number of hydrogen-bond acceptors (Lipinski definition) is 2. The third-order valence-electron chi connectivity index (χ3n) is 8.16. The highest BCUT2D eigenvalue weighted by molar-refractivity contribution is 6.10. The molecule has 0 N–H and O–H groups in total. The molecule has 0 aliphatic heterocycles. The van der Waals surface area contributed by atoms with Crippen molar-refractivity contribution in [2.75, 3.05) is 4.90 Å². The first kappa shape index (κ1) is 25.8. The Morgan fingerprint density at radius 3 is 1.50 bits per heavy atom. The van der Waals surface area contributed by atoms with E-state index in [1.165, 1.54) is 0 Å². The molecule has 44 heavy (non-hydrogen) atoms. The molecule has 0 unspecified atom stereocenters. The van der Waals surface area contributed by atoms with Crippen LogP contribution in [0, 0.1) is 0 Å². The number of rotatable bonds is 6. The van der Waals surface area contributed by atoms with Crippen molar-refractivity contribution < 1.29 is 0 Å². The van der Waals surface area contributed by atoms with Crippen molar-refractivity contribution >= 4 is 33.4 Å². The van der Waals surface area contributed by atoms with E-state index in [0.29, 0.717) is 0 Å². The molecule has 0 aliphatic rings. The second-order valence-corrected chi connectivity index (χ2v) is 10.9. The van der Waals surface area contributed by atoms with Crippen LogP contribution in [0.15, 0.2) is 176 Å². The molecule has 0 bridgehead atoms. The monoisotopic (exact) mass is 563 g/mol. The molecule has 0 saturated carbocycles. The van der Waals surface area contributed by atoms with E-state index in [9.17, 15) is 0 Å². The van der Waals surface area contributed by atoms with Gasteiger partial charge in [0, 0.05) is 39.1 Å². The summed E-state index contributed by atoms with van der Waals surface area (Å²) in [5, 5.41) is 7.69. The van der Waals surface area contributed by atoms with Crippen molar-refractivity contribution in [3.05, 3.63) is 176 Å². The maximum absolute atomic E-state index is 5.38. The summed E-state index contributed by atoms with van der Waals surface area (Å²) in [5.41, 5.74) is 10.9. The van der Waals surface area contributed by atoms with Gasteiger partial charge >= 0.3 is 0 Å². The Balaban J connectivity index is 1.49. The standard InChI is InChI=1S/C41H29N3/c1-6-16-30(17-7-1)38-28-33-26-27-36(43(34-22-12-4-13-23-34)35-24-14-5-15-25-35)29-37(33)41-39(31-18-8-2-9-19-31)40(42-44(38)41)32-20-10-3-11-21-32/h1-29H. The van der Waals surface area contributed by atoms with Gasteiger partial charge in [0.25, 0.3) is 0 Å². The third-order valence-corrected chi connectivity index (χ3v) is 8.16. The Labute approximate surface area is 256 Å². The molecule has 0 atom stereocenters. The molecule has 208 valence electrons. The van der Waals surface area contributed by atoms with Crippen molar-refractivity contribution in [1.29, 1.82) is 0 Å². The maximum atomic E-state index is 5.38. The lowest BCUT2D eigenvalue weighted by Gasteiger charge is -2.26. The summed E-state index contributed by atoms with van der Waals surface area (Å²) in [6.07, 6.45) is 0. The highest BCUT2D eigenvalue weighted by Gasteiger charge is 2.22. The Morgan fingerprint density at radius 1 is 0.432 bits per heavy atom. The summed E-state index contributed by atoms with van der Waals surface area (Å²) in [5.74, 6) is 0. The lowest BCUT2D eigenvalue weighted by Crippen LogP contribution is -2.09. The maximum Gasteiger partial charge on any atom is 0.101 e. The van der Waals surface area contributed by atoms with Gasteiger partial charge in [0.2, 0.25) is 0 Å². The number of anilines is 3. The summed E-state index contributed by atoms with van der Waals surface area (Å²) in [4.78, 5) is 2.32. The quantitative estimate of drug-likeness (QED) is 0.201. The van der Waals surface area contributed by atoms with Gasteiger partial charge in [0.1, 0.15) is 5.69 Å². The van der Waals surface area contributed by atoms with Crippen LogP contribution in [-0.2, 0) is 0 Å². The van der Waals surface area contributed by atoms with Crippen LogP contribution in [0.3, 0.4) is 0 Å². The number of nitrogens with zero attached hydrogens (tertiary/aromatic N) is 3. The van der Waals surface area contributed by atoms with E-state index in [2.05, 4.69) is 185 Å². The van der Waals surface area contributed by atoms with E-state index in [4.69, 9.17) is 5.10 Å². The Kier molecular flexibility index (Phi) is 6.47. The van der Waals surface area contributed by atoms with Crippen LogP contribution < -0.4 is 4.90 Å². The highest BCUT2D eigenvalue weighted by atomic mass is 15.2. The fraction of sp³-hybridized carbons (Fsp3) is 0. The molecule has 8 aromatic rings. The number of benzene rings is 6. The van der Waals surface area contributed by atoms with Gasteiger partial charge in [0.05, 0.1) is 11.2 Å². The number of hydrogen-bond donors (Lipinski definition) is 0. The molecule has 0 fully saturated rings. The molecule has 0 spiro atoms. The van der Waals surface area contributed by atoms with Gasteiger partial charge in [-0.25, -0.2) is 4.52 Å². The Morgan fingerprint density at radius 2 is 0.932 bits per heavy atom. The SMILES string of the molecule is c1ccc(-c2nn3c(-c4ccccc4)cc4ccc(N(c5ccccc5)c5ccccc5)cc4c3c2-c2ccccc2)cc1. The summed E-state index contributed by atoms with van der Waals surface area (Å²) >= 11 is 0. The zero-order valence-corrected chi connectivity index (χ0v) is 24.1. The molecule has 0 amide bonds. The van der Waals surface area contributed by atoms with E-state index in [1.807, 2.05) is 0 Å². The minimum atomic E-state index is 0.967. The number of pyridine rings is 1. The normalized spacial score (nSPS) is 11.2. The first-order valence-electron chi connectivity index (χ1n) is 14.9. The van der Waals surface area contributed by atoms with Gasteiger partial charge < -0.3 is 4.90 Å². The largest absolute Gasteiger partial charge is 0.310 e. The van der Waals surface area contributed by atoms with Crippen LogP contribution in [0.5, 0.6) is 0 Å². The molecule has 0 aliphatic carbocycles. The van der Waals surface area contributed by atoms with Crippen molar-refractivity contribution in [2.45, 2.75) is 0 Å². The first-order chi connectivity index (χ1) is 21.8. The van der Waals surface area contributed by atoms with E-state index in [0.717, 1.165) is 67.0 Å². The number of fused-ring (bicyclic) bond motifs is 3. The molecule has 3 nitrogen and oxygen atoms in total. The van der Waals surface area contributed by atoms with Crippen molar-refractivity contribution in [3.8, 4) is 33.6 Å². The van der Waals surface area contributed by atoms with E-state index >= 15 is 0 Å². The average Bonchev–Trinajstić information content (AvgIpc) is 3.51. The molecule has 3 heteroatoms. The Bertz CT molecular complexity index is 2150. The predicted octanol–water partition coefficient (Wildman–Crippen LogP) is 11.0. The van der Waals surface area contributed by atoms with Crippen LogP contribution in [-0.4, -0.2) is 9.61 Å². The zero-order chi connectivity index (χ0) is 29.3. The molecule has 2 aromatic heterocycles. The topological polar surface area (TPSA) is 20.5 Å². The van der Waals surface area contributed by atoms with Crippen molar-refractivity contribution in [2.24, 2.45) is 0 Å². The lowest BCUT2D eigenvalue weighted by atomic mass is 9.96. The smallest absolute Gasteiger partial charge is 0.101 e. The molecule has 6 aromatic carbocycles. The fourth-order valence-electron chi connectivity index (χ4n) is 6.16. The van der Waals surface area contributed by atoms with Gasteiger partial charge in [-0.1, -0.05) is 133 Å². The van der Waals surface area contributed by atoms with Gasteiger partial charge in [-0.2, -0.15) is 5.10 Å². The fourth-order valence-corrected chi connectivity index (χ4v) is 6.16. The van der Waals surface area contributed by atoms with Gasteiger partial charge in [-0.15, -0.1) is 0 Å². The van der Waals surface area contributed by atoms with Gasteiger partial charge in [0.15, 0.2) is 0 Å². The summed E-state index contributed by atoms with van der Waals surface area (Å²) in [6.45, 7) is 0. The van der Waals surface area contributed by atoms with Crippen LogP contribution in [0.25, 0.3) is 49.9 Å². The second kappa shape index (κ2) is 11.0. The second-order valence-electron chi connectivity index (χ2n) is 10.9. The zero-order valence-electron chi connectivity index (χ0n) is 24.1. The van der Waals surface area contributed by atoms with Crippen LogP contribution in [0.1, 0.15) is 0 Å². The predicted molar refractivity (Wildman–Crippen MR) is 184 cm³/mol. The van der Waals surface area contributed by atoms with E-state index in [-0.39, 0.29) is 0 Å². The van der Waals surface area contributed by atoms with Crippen LogP contribution >= 0.6 is 0 Å². The van der Waals surface area contributed by atoms with E-state index in [1.54, 1.807) is 0 Å². The van der Waals surface area contributed by atoms with E-state index < -0.39 is 0 Å². The average molecular weight is 564 g/mol. The molecular formula is C41H29N3. The lowest BCUT2D eigenvalue weighted by molar-refractivity contribution is 0.979. The summed E-state index contributed by atoms with van der Waals surface area (Å²) in [7, 11) is 0. The van der Waals surface area contributed by atoms with Gasteiger partial charge in [-0.05, 0) is 53.4 Å². The summed E-state index contributed by atoms with van der Waals surface area (Å²) in [6, 6.07) is 61.9. The van der Waals surface area contributed by atoms with Crippen LogP contribution in [0.4, 0.5) is 17.1 Å². The summed E-state index contributed by atoms with van der Waals surface area (Å²) < 4.78 is 2.15. The number of para-hydroxylation sites is 2. The molecule has 0 radical (unpaired) electrons. The highest BCUT2D eigenvalue weighted by Crippen LogP contribution is 2.43. The van der Waals surface area contributed by atoms with Crippen LogP contribution in [0.2, 0.25) is 0 Å². The minimum Gasteiger partial charge on any atom is -0.310 e. The minimum absolute atomic E-state index is 0.967.